The molecule has 2 fully saturated rings. The smallest absolute Gasteiger partial charge is 0.241 e. The van der Waals surface area contributed by atoms with E-state index in [2.05, 4.69) is 71.2 Å². The molecule has 2 atom stereocenters. The van der Waals surface area contributed by atoms with E-state index in [0.717, 1.165) is 76.3 Å². The van der Waals surface area contributed by atoms with Crippen molar-refractivity contribution >= 4 is 17.5 Å². The fourth-order valence-corrected chi connectivity index (χ4v) is 15.4. The van der Waals surface area contributed by atoms with Crippen LogP contribution in [0.4, 0.5) is 0 Å². The van der Waals surface area contributed by atoms with Crippen molar-refractivity contribution < 1.29 is 14.3 Å². The molecule has 2 unspecified atom stereocenters. The first-order valence-corrected chi connectivity index (χ1v) is 39.7. The van der Waals surface area contributed by atoms with Crippen LogP contribution in [0, 0.1) is 17.3 Å². The molecular weight excluding hydrogens is 1060 g/mol. The lowest BCUT2D eigenvalue weighted by molar-refractivity contribution is -0.132. The van der Waals surface area contributed by atoms with Gasteiger partial charge in [-0.2, -0.15) is 5.10 Å². The molecule has 0 aromatic rings. The number of carbonyl (C=O) groups excluding carboxylic acids is 2. The predicted octanol–water partition coefficient (Wildman–Crippen LogP) is 25.2. The number of nitrogens with zero attached hydrogens (tertiary/aromatic N) is 2. The number of unbranched alkanes of at least 4 members (excludes halogenated alkanes) is 12. The van der Waals surface area contributed by atoms with Gasteiger partial charge in [-0.15, -0.1) is 0 Å². The van der Waals surface area contributed by atoms with E-state index < -0.39 is 0 Å². The van der Waals surface area contributed by atoms with Gasteiger partial charge in [-0.05, 0) is 96.3 Å². The minimum Gasteiger partial charge on any atom is -0.381 e. The minimum absolute atomic E-state index is 0.0567. The Kier molecular flexibility index (Phi) is 52.6. The SMILES string of the molecule is CCCCCCCCCCCCCCCC1CCCCCCCCCCCCCCCCCCCCCCCCCCCCCCC(=O)N(CCC(=O)NN=C2CC(C)CC(C)(C)C2)CCCCCCCCCCCCOCCC(C)(C)NC(C)(C)C1. The van der Waals surface area contributed by atoms with Crippen LogP contribution in [0.5, 0.6) is 0 Å². The fraction of sp³-hybridized carbons (Fsp3) is 0.963. The van der Waals surface area contributed by atoms with E-state index in [1.807, 2.05) is 4.90 Å². The van der Waals surface area contributed by atoms with E-state index in [-0.39, 0.29) is 28.3 Å². The monoisotopic (exact) mass is 1220 g/mol. The molecule has 1 heterocycles. The van der Waals surface area contributed by atoms with Crippen LogP contribution in [0.2, 0.25) is 0 Å². The molecule has 7 nitrogen and oxygen atoms in total. The summed E-state index contributed by atoms with van der Waals surface area (Å²) in [4.78, 5) is 28.7. The van der Waals surface area contributed by atoms with Crippen LogP contribution in [0.15, 0.2) is 5.10 Å². The van der Waals surface area contributed by atoms with E-state index in [1.54, 1.807) is 0 Å². The van der Waals surface area contributed by atoms with E-state index in [0.29, 0.717) is 25.3 Å². The van der Waals surface area contributed by atoms with Gasteiger partial charge in [0.25, 0.3) is 0 Å². The number of hydrazone groups is 1. The van der Waals surface area contributed by atoms with Crippen molar-refractivity contribution in [2.24, 2.45) is 22.4 Å². The molecule has 87 heavy (non-hydrogen) atoms. The summed E-state index contributed by atoms with van der Waals surface area (Å²) in [5.74, 6) is 1.58. The van der Waals surface area contributed by atoms with Crippen molar-refractivity contribution in [2.45, 2.75) is 452 Å². The first kappa shape index (κ1) is 81.6. The molecule has 1 saturated carbocycles. The number of ether oxygens (including phenoxy) is 1. The van der Waals surface area contributed by atoms with Gasteiger partial charge in [-0.1, -0.05) is 349 Å². The van der Waals surface area contributed by atoms with E-state index in [9.17, 15) is 9.59 Å². The molecule has 2 rings (SSSR count). The summed E-state index contributed by atoms with van der Waals surface area (Å²) in [7, 11) is 0. The minimum atomic E-state index is -0.0671. The highest BCUT2D eigenvalue weighted by Crippen LogP contribution is 2.37. The maximum atomic E-state index is 13.6. The second kappa shape index (κ2) is 56.1. The van der Waals surface area contributed by atoms with E-state index >= 15 is 0 Å². The lowest BCUT2D eigenvalue weighted by Gasteiger charge is -2.39. The summed E-state index contributed by atoms with van der Waals surface area (Å²) in [6.45, 7) is 22.0. The molecule has 0 aromatic carbocycles. The van der Waals surface area contributed by atoms with Crippen LogP contribution >= 0.6 is 0 Å². The maximum Gasteiger partial charge on any atom is 0.241 e. The molecule has 7 heteroatoms. The molecule has 0 aromatic heterocycles. The van der Waals surface area contributed by atoms with Gasteiger partial charge in [-0.25, -0.2) is 5.43 Å². The first-order valence-electron chi connectivity index (χ1n) is 39.7. The zero-order valence-corrected chi connectivity index (χ0v) is 60.5. The molecule has 2 aliphatic rings. The average Bonchev–Trinajstić information content (AvgIpc) is 3.30. The van der Waals surface area contributed by atoms with Crippen molar-refractivity contribution in [3.05, 3.63) is 0 Å². The molecule has 1 aliphatic heterocycles. The highest BCUT2D eigenvalue weighted by molar-refractivity contribution is 5.87. The second-order valence-corrected chi connectivity index (χ2v) is 31.5. The summed E-state index contributed by atoms with van der Waals surface area (Å²) >= 11 is 0. The standard InChI is InChI=1S/C80H156N4O3/c1-9-10-11-12-13-14-15-32-35-40-45-50-55-60-74-61-56-51-46-41-36-33-30-28-26-24-22-20-18-16-17-19-21-23-25-27-29-31-34-37-42-47-52-57-62-77(86)84(66-63-76(85)82-81-75-69-73(2)70-78(3,4)72-75)65-58-53-48-43-38-39-44-49-54-59-67-87-68-64-79(5,6)83-80(7,8)71-74/h73-74,83H,9-72H2,1-8H3,(H,82,85). The maximum absolute atomic E-state index is 13.6. The van der Waals surface area contributed by atoms with Crippen LogP contribution in [0.25, 0.3) is 0 Å². The normalized spacial score (nSPS) is 24.3. The number of hydrogen-bond acceptors (Lipinski definition) is 5. The van der Waals surface area contributed by atoms with Gasteiger partial charge < -0.3 is 15.0 Å². The molecule has 0 spiro atoms. The highest BCUT2D eigenvalue weighted by atomic mass is 16.5. The molecule has 514 valence electrons. The Balaban J connectivity index is 1.82. The zero-order valence-electron chi connectivity index (χ0n) is 60.5. The Labute approximate surface area is 545 Å². The highest BCUT2D eigenvalue weighted by Gasteiger charge is 2.31. The van der Waals surface area contributed by atoms with Gasteiger partial charge in [0.1, 0.15) is 0 Å². The summed E-state index contributed by atoms with van der Waals surface area (Å²) in [5.41, 5.74) is 4.38. The van der Waals surface area contributed by atoms with Gasteiger partial charge >= 0.3 is 0 Å². The molecule has 1 aliphatic carbocycles. The van der Waals surface area contributed by atoms with Crippen molar-refractivity contribution in [2.75, 3.05) is 26.3 Å². The molecule has 0 radical (unpaired) electrons. The third-order valence-electron chi connectivity index (χ3n) is 20.3. The van der Waals surface area contributed by atoms with Crippen molar-refractivity contribution in [1.29, 1.82) is 0 Å². The largest absolute Gasteiger partial charge is 0.381 e. The Morgan fingerprint density at radius 3 is 1.36 bits per heavy atom. The Bertz CT molecular complexity index is 1570. The van der Waals surface area contributed by atoms with Crippen LogP contribution in [0.3, 0.4) is 0 Å². The van der Waals surface area contributed by atoms with Gasteiger partial charge in [0, 0.05) is 55.9 Å². The van der Waals surface area contributed by atoms with E-state index in [1.165, 1.54) is 327 Å². The number of carbonyl (C=O) groups is 2. The van der Waals surface area contributed by atoms with Crippen LogP contribution < -0.4 is 10.7 Å². The van der Waals surface area contributed by atoms with Gasteiger partial charge in [0.2, 0.25) is 11.8 Å². The first-order chi connectivity index (χ1) is 42.2. The van der Waals surface area contributed by atoms with Gasteiger partial charge in [0.05, 0.1) is 0 Å². The number of rotatable bonds is 18. The fourth-order valence-electron chi connectivity index (χ4n) is 15.4. The van der Waals surface area contributed by atoms with Crippen LogP contribution in [0.1, 0.15) is 441 Å². The summed E-state index contributed by atoms with van der Waals surface area (Å²) < 4.78 is 6.28. The van der Waals surface area contributed by atoms with Crippen molar-refractivity contribution in [3.8, 4) is 0 Å². The third kappa shape index (κ3) is 52.7. The lowest BCUT2D eigenvalue weighted by Crippen LogP contribution is -2.53. The quantitative estimate of drug-likeness (QED) is 0.106. The van der Waals surface area contributed by atoms with Crippen LogP contribution in [-0.2, 0) is 14.3 Å². The molecule has 1 saturated heterocycles. The number of hydrogen-bond donors (Lipinski definition) is 2. The zero-order chi connectivity index (χ0) is 63.0. The molecule has 2 N–H and O–H groups in total. The van der Waals surface area contributed by atoms with Crippen LogP contribution in [-0.4, -0.2) is 59.8 Å². The Morgan fingerprint density at radius 1 is 0.506 bits per heavy atom. The second-order valence-electron chi connectivity index (χ2n) is 31.5. The average molecular weight is 1220 g/mol. The summed E-state index contributed by atoms with van der Waals surface area (Å²) in [6.07, 6.45) is 79.2. The van der Waals surface area contributed by atoms with Gasteiger partial charge in [0.15, 0.2) is 0 Å². The number of amides is 2. The van der Waals surface area contributed by atoms with Crippen molar-refractivity contribution in [3.63, 3.8) is 0 Å². The summed E-state index contributed by atoms with van der Waals surface area (Å²) in [5, 5.41) is 8.74. The van der Waals surface area contributed by atoms with E-state index in [4.69, 9.17) is 4.74 Å². The Morgan fingerprint density at radius 2 is 0.908 bits per heavy atom. The van der Waals surface area contributed by atoms with Gasteiger partial charge in [-0.3, -0.25) is 9.59 Å². The molecule has 0 bridgehead atoms. The lowest BCUT2D eigenvalue weighted by atomic mass is 9.72. The molecular formula is C80H156N4O3. The topological polar surface area (TPSA) is 83.0 Å². The number of nitrogens with one attached hydrogen (secondary N) is 2. The van der Waals surface area contributed by atoms with Crippen molar-refractivity contribution in [1.82, 2.24) is 15.6 Å². The predicted molar refractivity (Wildman–Crippen MR) is 383 cm³/mol. The third-order valence-corrected chi connectivity index (χ3v) is 20.3. The molecule has 2 amide bonds. The Hall–Kier alpha value is -1.47. The summed E-state index contributed by atoms with van der Waals surface area (Å²) in [6, 6.07) is 0.